The van der Waals surface area contributed by atoms with Crippen LogP contribution in [0.2, 0.25) is 0 Å². The van der Waals surface area contributed by atoms with E-state index in [-0.39, 0.29) is 12.4 Å². The van der Waals surface area contributed by atoms with Crippen LogP contribution >= 0.6 is 0 Å². The van der Waals surface area contributed by atoms with Gasteiger partial charge in [0, 0.05) is 12.6 Å². The van der Waals surface area contributed by atoms with Crippen LogP contribution in [0.3, 0.4) is 0 Å². The summed E-state index contributed by atoms with van der Waals surface area (Å²) < 4.78 is 12.3. The molecule has 3 heteroatoms. The van der Waals surface area contributed by atoms with Gasteiger partial charge in [0.2, 0.25) is 0 Å². The van der Waals surface area contributed by atoms with Gasteiger partial charge in [-0.3, -0.25) is 4.99 Å². The van der Waals surface area contributed by atoms with Crippen molar-refractivity contribution in [3.8, 4) is 11.8 Å². The van der Waals surface area contributed by atoms with E-state index in [2.05, 4.69) is 22.2 Å². The molecule has 1 aliphatic heterocycles. The van der Waals surface area contributed by atoms with Gasteiger partial charge in [0.25, 0.3) is 0 Å². The molecule has 0 saturated carbocycles. The van der Waals surface area contributed by atoms with Crippen molar-refractivity contribution in [2.75, 3.05) is 6.54 Å². The van der Waals surface area contributed by atoms with E-state index in [1.54, 1.807) is 0 Å². The lowest BCUT2D eigenvalue weighted by molar-refractivity contribution is 0.607. The van der Waals surface area contributed by atoms with Crippen molar-refractivity contribution in [3.63, 3.8) is 0 Å². The first-order valence-corrected chi connectivity index (χ1v) is 3.47. The van der Waals surface area contributed by atoms with Gasteiger partial charge in [-0.15, -0.1) is 0 Å². The normalized spacial score (nSPS) is 15.5. The number of rotatable bonds is 0. The predicted molar refractivity (Wildman–Crippen MR) is 42.7 cm³/mol. The van der Waals surface area contributed by atoms with Gasteiger partial charge < -0.3 is 5.32 Å². The Balaban J connectivity index is 2.52. The first-order chi connectivity index (χ1) is 5.33. The van der Waals surface area contributed by atoms with Gasteiger partial charge in [0.15, 0.2) is 5.84 Å². The molecule has 11 heavy (non-hydrogen) atoms. The molecule has 1 heterocycles. The first-order valence-electron chi connectivity index (χ1n) is 3.47. The van der Waals surface area contributed by atoms with Crippen LogP contribution in [0.1, 0.15) is 13.3 Å². The highest BCUT2D eigenvalue weighted by Crippen LogP contribution is 1.98. The number of aliphatic imine (C=N–C) groups is 1. The molecule has 0 atom stereocenters. The maximum absolute atomic E-state index is 12.3. The third kappa shape index (κ3) is 2.42. The van der Waals surface area contributed by atoms with Crippen LogP contribution in [0.5, 0.6) is 0 Å². The summed E-state index contributed by atoms with van der Waals surface area (Å²) in [6, 6.07) is 0. The van der Waals surface area contributed by atoms with Crippen molar-refractivity contribution < 1.29 is 4.39 Å². The Morgan fingerprint density at radius 3 is 3.18 bits per heavy atom. The van der Waals surface area contributed by atoms with Gasteiger partial charge in [-0.05, 0) is 5.92 Å². The quantitative estimate of drug-likeness (QED) is 0.518. The Kier molecular flexibility index (Phi) is 2.67. The standard InChI is InChI=1S/C8H9FN2/c1-2-3-4-8-10-5-7(9)6-11-8/h5H,2,6H2,1H3,(H,10,11). The highest BCUT2D eigenvalue weighted by Gasteiger charge is 2.00. The van der Waals surface area contributed by atoms with Crippen LogP contribution in [-0.4, -0.2) is 12.4 Å². The second-order valence-corrected chi connectivity index (χ2v) is 2.06. The van der Waals surface area contributed by atoms with E-state index in [0.29, 0.717) is 5.84 Å². The third-order valence-electron chi connectivity index (χ3n) is 1.14. The lowest BCUT2D eigenvalue weighted by Gasteiger charge is -2.03. The molecule has 0 radical (unpaired) electrons. The molecule has 1 N–H and O–H groups in total. The van der Waals surface area contributed by atoms with Gasteiger partial charge in [0.05, 0.1) is 6.54 Å². The summed E-state index contributed by atoms with van der Waals surface area (Å²) in [4.78, 5) is 3.84. The highest BCUT2D eigenvalue weighted by molar-refractivity contribution is 5.99. The van der Waals surface area contributed by atoms with E-state index >= 15 is 0 Å². The fraction of sp³-hybridized carbons (Fsp3) is 0.375. The second-order valence-electron chi connectivity index (χ2n) is 2.06. The first kappa shape index (κ1) is 7.80. The lowest BCUT2D eigenvalue weighted by Crippen LogP contribution is -2.20. The van der Waals surface area contributed by atoms with Crippen molar-refractivity contribution in [3.05, 3.63) is 12.0 Å². The Morgan fingerprint density at radius 2 is 2.64 bits per heavy atom. The van der Waals surface area contributed by atoms with Crippen LogP contribution in [0.25, 0.3) is 0 Å². The fourth-order valence-corrected chi connectivity index (χ4v) is 0.640. The van der Waals surface area contributed by atoms with E-state index in [9.17, 15) is 4.39 Å². The molecular formula is C8H9FN2. The average Bonchev–Trinajstić information content (AvgIpc) is 2.04. The second kappa shape index (κ2) is 3.77. The summed E-state index contributed by atoms with van der Waals surface area (Å²) in [7, 11) is 0. The molecular weight excluding hydrogens is 143 g/mol. The molecule has 0 spiro atoms. The zero-order valence-electron chi connectivity index (χ0n) is 6.32. The largest absolute Gasteiger partial charge is 0.337 e. The molecule has 58 valence electrons. The number of nitrogens with one attached hydrogen (secondary N) is 1. The smallest absolute Gasteiger partial charge is 0.178 e. The highest BCUT2D eigenvalue weighted by atomic mass is 19.1. The van der Waals surface area contributed by atoms with Crippen LogP contribution in [0.4, 0.5) is 4.39 Å². The van der Waals surface area contributed by atoms with E-state index in [1.807, 2.05) is 6.92 Å². The molecule has 2 nitrogen and oxygen atoms in total. The zero-order chi connectivity index (χ0) is 8.10. The number of nitrogens with zero attached hydrogens (tertiary/aromatic N) is 1. The van der Waals surface area contributed by atoms with E-state index in [1.165, 1.54) is 6.20 Å². The Morgan fingerprint density at radius 1 is 1.82 bits per heavy atom. The number of amidine groups is 1. The lowest BCUT2D eigenvalue weighted by atomic mass is 10.4. The number of hydrogen-bond donors (Lipinski definition) is 1. The number of hydrogen-bond acceptors (Lipinski definition) is 2. The van der Waals surface area contributed by atoms with Gasteiger partial charge in [0.1, 0.15) is 5.83 Å². The zero-order valence-corrected chi connectivity index (χ0v) is 6.32. The molecule has 0 aromatic rings. The van der Waals surface area contributed by atoms with Crippen molar-refractivity contribution in [2.24, 2.45) is 4.99 Å². The average molecular weight is 152 g/mol. The molecule has 1 rings (SSSR count). The van der Waals surface area contributed by atoms with Crippen molar-refractivity contribution in [1.82, 2.24) is 5.32 Å². The van der Waals surface area contributed by atoms with Crippen molar-refractivity contribution in [1.29, 1.82) is 0 Å². The summed E-state index contributed by atoms with van der Waals surface area (Å²) in [6.45, 7) is 2.06. The van der Waals surface area contributed by atoms with Gasteiger partial charge in [-0.2, -0.15) is 0 Å². The summed E-state index contributed by atoms with van der Waals surface area (Å²) in [5.74, 6) is 5.90. The van der Waals surface area contributed by atoms with Gasteiger partial charge in [-0.25, -0.2) is 4.39 Å². The monoisotopic (exact) mass is 152 g/mol. The van der Waals surface area contributed by atoms with Gasteiger partial charge >= 0.3 is 0 Å². The summed E-state index contributed by atoms with van der Waals surface area (Å²) in [6.07, 6.45) is 2.07. The molecule has 0 aromatic heterocycles. The molecule has 0 fully saturated rings. The molecule has 0 amide bonds. The topological polar surface area (TPSA) is 24.4 Å². The van der Waals surface area contributed by atoms with Crippen LogP contribution in [-0.2, 0) is 0 Å². The van der Waals surface area contributed by atoms with Crippen LogP contribution in [0.15, 0.2) is 17.0 Å². The molecule has 1 aliphatic rings. The summed E-state index contributed by atoms with van der Waals surface area (Å²) >= 11 is 0. The molecule has 0 bridgehead atoms. The minimum absolute atomic E-state index is 0.112. The summed E-state index contributed by atoms with van der Waals surface area (Å²) in [5, 5.41) is 2.64. The number of halogens is 1. The minimum Gasteiger partial charge on any atom is -0.337 e. The predicted octanol–water partition coefficient (Wildman–Crippen LogP) is 1.21. The SMILES string of the molecule is CCC#CC1=NCC(F)=CN1. The Bertz CT molecular complexity index is 255. The summed E-state index contributed by atoms with van der Waals surface area (Å²) in [5.41, 5.74) is 0. The van der Waals surface area contributed by atoms with Crippen molar-refractivity contribution >= 4 is 5.84 Å². The van der Waals surface area contributed by atoms with E-state index in [0.717, 1.165) is 6.42 Å². The maximum Gasteiger partial charge on any atom is 0.178 e. The van der Waals surface area contributed by atoms with Crippen LogP contribution in [0, 0.1) is 11.8 Å². The molecule has 0 aromatic carbocycles. The Hall–Kier alpha value is -1.30. The van der Waals surface area contributed by atoms with E-state index < -0.39 is 0 Å². The molecule has 0 saturated heterocycles. The fourth-order valence-electron chi connectivity index (χ4n) is 0.640. The molecule has 0 unspecified atom stereocenters. The Labute approximate surface area is 65.2 Å². The van der Waals surface area contributed by atoms with Crippen molar-refractivity contribution in [2.45, 2.75) is 13.3 Å². The molecule has 0 aliphatic carbocycles. The van der Waals surface area contributed by atoms with Crippen LogP contribution < -0.4 is 5.32 Å². The van der Waals surface area contributed by atoms with E-state index in [4.69, 9.17) is 0 Å². The maximum atomic E-state index is 12.3. The minimum atomic E-state index is -0.257. The van der Waals surface area contributed by atoms with Gasteiger partial charge in [-0.1, -0.05) is 12.8 Å². The third-order valence-corrected chi connectivity index (χ3v) is 1.14.